The van der Waals surface area contributed by atoms with E-state index in [4.69, 9.17) is 9.47 Å². The third-order valence-corrected chi connectivity index (χ3v) is 6.75. The Hall–Kier alpha value is -3.35. The average Bonchev–Trinajstić information content (AvgIpc) is 3.42. The van der Waals surface area contributed by atoms with E-state index in [1.54, 1.807) is 25.3 Å². The number of ether oxygens (including phenoxy) is 2. The first-order valence-electron chi connectivity index (χ1n) is 12.2. The summed E-state index contributed by atoms with van der Waals surface area (Å²) in [4.78, 5) is 39.7. The Morgan fingerprint density at radius 3 is 2.34 bits per heavy atom. The third-order valence-electron chi connectivity index (χ3n) is 6.75. The van der Waals surface area contributed by atoms with Crippen molar-refractivity contribution in [1.29, 1.82) is 0 Å². The molecule has 2 aliphatic rings. The van der Waals surface area contributed by atoms with Gasteiger partial charge in [0.25, 0.3) is 0 Å². The monoisotopic (exact) mass is 478 g/mol. The molecule has 2 aromatic rings. The molecule has 0 bridgehead atoms. The summed E-state index contributed by atoms with van der Waals surface area (Å²) in [5.74, 6) is -1.20. The largest absolute Gasteiger partial charge is 0.493 e. The summed E-state index contributed by atoms with van der Waals surface area (Å²) < 4.78 is 11.5. The Kier molecular flexibility index (Phi) is 7.15. The maximum Gasteiger partial charge on any atom is 0.242 e. The molecule has 35 heavy (non-hydrogen) atoms. The molecule has 186 valence electrons. The summed E-state index contributed by atoms with van der Waals surface area (Å²) in [5, 5.41) is 2.79. The van der Waals surface area contributed by atoms with Crippen molar-refractivity contribution in [3.05, 3.63) is 53.6 Å². The molecule has 1 saturated heterocycles. The quantitative estimate of drug-likeness (QED) is 0.455. The van der Waals surface area contributed by atoms with Crippen LogP contribution in [0.5, 0.6) is 11.5 Å². The van der Waals surface area contributed by atoms with Gasteiger partial charge in [0.15, 0.2) is 11.5 Å². The minimum Gasteiger partial charge on any atom is -0.493 e. The Bertz CT molecular complexity index is 1100. The number of nitrogens with one attached hydrogen (secondary N) is 1. The van der Waals surface area contributed by atoms with Crippen molar-refractivity contribution in [2.75, 3.05) is 12.4 Å². The lowest BCUT2D eigenvalue weighted by molar-refractivity contribution is -0.141. The van der Waals surface area contributed by atoms with E-state index in [0.29, 0.717) is 17.2 Å². The van der Waals surface area contributed by atoms with Crippen LogP contribution in [-0.4, -0.2) is 35.8 Å². The first kappa shape index (κ1) is 24.8. The van der Waals surface area contributed by atoms with E-state index in [-0.39, 0.29) is 30.4 Å². The van der Waals surface area contributed by atoms with Gasteiger partial charge in [0.05, 0.1) is 19.8 Å². The van der Waals surface area contributed by atoms with Crippen LogP contribution < -0.4 is 14.8 Å². The molecule has 7 nitrogen and oxygen atoms in total. The Labute approximate surface area is 206 Å². The topological polar surface area (TPSA) is 84.9 Å². The SMILES string of the molecule is COc1ccc(NC(=O)[C@@H]2CC(=O)N(Cc3ccc(C(C)(C)C)cc3)C2=O)cc1OC1CCCC1. The summed E-state index contributed by atoms with van der Waals surface area (Å²) >= 11 is 0. The highest BCUT2D eigenvalue weighted by molar-refractivity contribution is 6.16. The fourth-order valence-electron chi connectivity index (χ4n) is 4.61. The van der Waals surface area contributed by atoms with Gasteiger partial charge in [0.2, 0.25) is 17.7 Å². The number of rotatable bonds is 7. The lowest BCUT2D eigenvalue weighted by atomic mass is 9.87. The minimum atomic E-state index is -1.04. The van der Waals surface area contributed by atoms with Crippen molar-refractivity contribution < 1.29 is 23.9 Å². The van der Waals surface area contributed by atoms with E-state index in [1.807, 2.05) is 24.3 Å². The van der Waals surface area contributed by atoms with Gasteiger partial charge in [0, 0.05) is 18.2 Å². The van der Waals surface area contributed by atoms with Crippen LogP contribution in [0.25, 0.3) is 0 Å². The zero-order chi connectivity index (χ0) is 25.2. The van der Waals surface area contributed by atoms with Crippen LogP contribution in [0.1, 0.15) is 64.0 Å². The molecule has 1 saturated carbocycles. The van der Waals surface area contributed by atoms with Crippen molar-refractivity contribution in [2.24, 2.45) is 5.92 Å². The second-order valence-corrected chi connectivity index (χ2v) is 10.4. The normalized spacial score (nSPS) is 18.7. The van der Waals surface area contributed by atoms with Crippen LogP contribution in [0.2, 0.25) is 0 Å². The van der Waals surface area contributed by atoms with E-state index in [2.05, 4.69) is 26.1 Å². The van der Waals surface area contributed by atoms with Crippen molar-refractivity contribution in [2.45, 2.75) is 70.9 Å². The van der Waals surface area contributed by atoms with E-state index in [9.17, 15) is 14.4 Å². The highest BCUT2D eigenvalue weighted by atomic mass is 16.5. The maximum absolute atomic E-state index is 13.0. The molecule has 1 heterocycles. The lowest BCUT2D eigenvalue weighted by Gasteiger charge is -2.20. The summed E-state index contributed by atoms with van der Waals surface area (Å²) in [6.45, 7) is 6.55. The molecule has 0 spiro atoms. The summed E-state index contributed by atoms with van der Waals surface area (Å²) in [7, 11) is 1.57. The number of carbonyl (C=O) groups excluding carboxylic acids is 3. The molecule has 2 fully saturated rings. The number of carbonyl (C=O) groups is 3. The molecule has 1 atom stereocenters. The van der Waals surface area contributed by atoms with Crippen LogP contribution in [0.3, 0.4) is 0 Å². The van der Waals surface area contributed by atoms with Crippen molar-refractivity contribution in [3.63, 3.8) is 0 Å². The maximum atomic E-state index is 13.0. The molecule has 0 aromatic heterocycles. The van der Waals surface area contributed by atoms with Gasteiger partial charge in [-0.2, -0.15) is 0 Å². The molecular formula is C28H34N2O5. The minimum absolute atomic E-state index is 0.0183. The van der Waals surface area contributed by atoms with E-state index < -0.39 is 17.7 Å². The van der Waals surface area contributed by atoms with Crippen molar-refractivity contribution in [3.8, 4) is 11.5 Å². The second kappa shape index (κ2) is 10.1. The number of hydrogen-bond donors (Lipinski definition) is 1. The summed E-state index contributed by atoms with van der Waals surface area (Å²) in [5.41, 5.74) is 2.54. The molecule has 7 heteroatoms. The summed E-state index contributed by atoms with van der Waals surface area (Å²) in [6.07, 6.45) is 4.26. The molecule has 1 N–H and O–H groups in total. The van der Waals surface area contributed by atoms with Gasteiger partial charge in [0.1, 0.15) is 5.92 Å². The standard InChI is InChI=1S/C28H34N2O5/c1-28(2,3)19-11-9-18(10-12-19)17-30-25(31)16-22(27(30)33)26(32)29-20-13-14-23(34-4)24(15-20)35-21-7-5-6-8-21/h9-15,21-22H,5-8,16-17H2,1-4H3,(H,29,32)/t22-/m0/s1. The molecule has 0 unspecified atom stereocenters. The summed E-state index contributed by atoms with van der Waals surface area (Å²) in [6, 6.07) is 13.0. The van der Waals surface area contributed by atoms with E-state index in [1.165, 1.54) is 10.5 Å². The van der Waals surface area contributed by atoms with Crippen LogP contribution in [0.15, 0.2) is 42.5 Å². The Balaban J connectivity index is 1.42. The predicted molar refractivity (Wildman–Crippen MR) is 133 cm³/mol. The first-order chi connectivity index (χ1) is 16.7. The van der Waals surface area contributed by atoms with E-state index >= 15 is 0 Å². The number of anilines is 1. The zero-order valence-electron chi connectivity index (χ0n) is 20.9. The van der Waals surface area contributed by atoms with Gasteiger partial charge < -0.3 is 14.8 Å². The lowest BCUT2D eigenvalue weighted by Crippen LogP contribution is -2.34. The number of benzene rings is 2. The molecule has 4 rings (SSSR count). The average molecular weight is 479 g/mol. The highest BCUT2D eigenvalue weighted by Crippen LogP contribution is 2.34. The number of nitrogens with zero attached hydrogens (tertiary/aromatic N) is 1. The molecule has 1 aliphatic heterocycles. The number of imide groups is 1. The van der Waals surface area contributed by atoms with Gasteiger partial charge in [-0.05, 0) is 54.4 Å². The van der Waals surface area contributed by atoms with Gasteiger partial charge in [-0.1, -0.05) is 45.0 Å². The second-order valence-electron chi connectivity index (χ2n) is 10.4. The number of amides is 3. The molecule has 3 amide bonds. The number of hydrogen-bond acceptors (Lipinski definition) is 5. The fraction of sp³-hybridized carbons (Fsp3) is 0.464. The number of likely N-dealkylation sites (tertiary alicyclic amines) is 1. The molecule has 2 aromatic carbocycles. The number of methoxy groups -OCH3 is 1. The van der Waals surface area contributed by atoms with Crippen molar-refractivity contribution in [1.82, 2.24) is 4.90 Å². The Morgan fingerprint density at radius 2 is 1.71 bits per heavy atom. The zero-order valence-corrected chi connectivity index (χ0v) is 20.9. The molecular weight excluding hydrogens is 444 g/mol. The van der Waals surface area contributed by atoms with Gasteiger partial charge in [-0.3, -0.25) is 19.3 Å². The third kappa shape index (κ3) is 5.66. The van der Waals surface area contributed by atoms with Gasteiger partial charge in [-0.15, -0.1) is 0 Å². The molecule has 1 aliphatic carbocycles. The fourth-order valence-corrected chi connectivity index (χ4v) is 4.61. The highest BCUT2D eigenvalue weighted by Gasteiger charge is 2.42. The predicted octanol–water partition coefficient (Wildman–Crippen LogP) is 4.83. The van der Waals surface area contributed by atoms with Gasteiger partial charge >= 0.3 is 0 Å². The van der Waals surface area contributed by atoms with Crippen LogP contribution in [0, 0.1) is 5.92 Å². The van der Waals surface area contributed by atoms with Gasteiger partial charge in [-0.25, -0.2) is 0 Å². The first-order valence-corrected chi connectivity index (χ1v) is 12.2. The van der Waals surface area contributed by atoms with Crippen molar-refractivity contribution >= 4 is 23.4 Å². The molecule has 0 radical (unpaired) electrons. The Morgan fingerprint density at radius 1 is 1.03 bits per heavy atom. The van der Waals surface area contributed by atoms with Crippen LogP contribution >= 0.6 is 0 Å². The van der Waals surface area contributed by atoms with Crippen LogP contribution in [0.4, 0.5) is 5.69 Å². The van der Waals surface area contributed by atoms with Crippen LogP contribution in [-0.2, 0) is 26.3 Å². The van der Waals surface area contributed by atoms with E-state index in [0.717, 1.165) is 31.2 Å². The smallest absolute Gasteiger partial charge is 0.242 e.